The van der Waals surface area contributed by atoms with Gasteiger partial charge in [0, 0.05) is 30.2 Å². The van der Waals surface area contributed by atoms with E-state index in [1.165, 1.54) is 12.1 Å². The number of epoxide rings is 2. The summed E-state index contributed by atoms with van der Waals surface area (Å²) in [5.41, 5.74) is -3.40. The number of hydrogen-bond donors (Lipinski definition) is 3. The Morgan fingerprint density at radius 3 is 2.14 bits per heavy atom. The molecular weight excluding hydrogens is 555 g/mol. The Kier molecular flexibility index (Phi) is 7.18. The van der Waals surface area contributed by atoms with Crippen LogP contribution in [0.4, 0.5) is 10.1 Å². The van der Waals surface area contributed by atoms with Crippen LogP contribution in [0, 0.1) is 11.7 Å². The summed E-state index contributed by atoms with van der Waals surface area (Å²) in [5, 5.41) is 34.9. The highest BCUT2D eigenvalue weighted by Crippen LogP contribution is 2.86. The van der Waals surface area contributed by atoms with E-state index in [4.69, 9.17) is 9.47 Å². The lowest BCUT2D eigenvalue weighted by Crippen LogP contribution is -2.52. The van der Waals surface area contributed by atoms with Crippen molar-refractivity contribution in [3.63, 3.8) is 0 Å². The first-order chi connectivity index (χ1) is 20.5. The zero-order valence-electron chi connectivity index (χ0n) is 23.9. The van der Waals surface area contributed by atoms with E-state index in [2.05, 4.69) is 5.32 Å². The van der Waals surface area contributed by atoms with Crippen molar-refractivity contribution < 1.29 is 38.8 Å². The number of amides is 1. The van der Waals surface area contributed by atoms with Gasteiger partial charge in [0.2, 0.25) is 5.60 Å². The highest BCUT2D eigenvalue weighted by atomic mass is 19.1. The van der Waals surface area contributed by atoms with Gasteiger partial charge in [-0.2, -0.15) is 0 Å². The smallest absolute Gasteiger partial charge is 0.264 e. The van der Waals surface area contributed by atoms with Crippen molar-refractivity contribution in [3.8, 4) is 0 Å². The molecule has 3 N–H and O–H groups in total. The molecule has 0 bridgehead atoms. The maximum absolute atomic E-state index is 14.5. The Labute approximate surface area is 248 Å². The van der Waals surface area contributed by atoms with E-state index < -0.39 is 59.0 Å². The molecular formula is C33H34FN2O7-. The zero-order chi connectivity index (χ0) is 30.6. The number of para-hydroxylation sites is 1. The molecule has 3 aromatic carbocycles. The topological polar surface area (TPSA) is 138 Å². The highest BCUT2D eigenvalue weighted by Gasteiger charge is 3.06. The summed E-state index contributed by atoms with van der Waals surface area (Å²) < 4.78 is 27.7. The number of aliphatic hydroxyl groups is 2. The minimum atomic E-state index is -1.53. The lowest BCUT2D eigenvalue weighted by molar-refractivity contribution is -0.307. The van der Waals surface area contributed by atoms with E-state index >= 15 is 0 Å². The van der Waals surface area contributed by atoms with E-state index in [9.17, 15) is 29.3 Å². The Hall–Kier alpha value is -3.67. The highest BCUT2D eigenvalue weighted by molar-refractivity contribution is 6.03. The molecule has 9 nitrogen and oxygen atoms in total. The SMILES string of the molecule is CC(C)C12OC1(C(=O)Nc1ccccc1)C1(c3ccccc3)OC1(c1ccc(F)cc1)N2CC[C@@H](O)C[C@@H](O)CC(=O)[O-]. The third kappa shape index (κ3) is 4.16. The van der Waals surface area contributed by atoms with Crippen LogP contribution in [-0.2, 0) is 30.4 Å². The average Bonchev–Trinajstić information content (AvgIpc) is 3.86. The molecule has 3 fully saturated rings. The van der Waals surface area contributed by atoms with E-state index in [0.29, 0.717) is 16.8 Å². The van der Waals surface area contributed by atoms with Gasteiger partial charge in [-0.25, -0.2) is 9.29 Å². The molecule has 10 heteroatoms. The number of anilines is 1. The van der Waals surface area contributed by atoms with Crippen LogP contribution < -0.4 is 10.4 Å². The summed E-state index contributed by atoms with van der Waals surface area (Å²) >= 11 is 0. The van der Waals surface area contributed by atoms with Gasteiger partial charge in [0.05, 0.1) is 12.2 Å². The number of nitrogens with one attached hydrogen (secondary N) is 1. The Balaban J connectivity index is 1.47. The number of fused-ring (bicyclic) bond motifs is 3. The van der Waals surface area contributed by atoms with Crippen molar-refractivity contribution in [3.05, 3.63) is 102 Å². The van der Waals surface area contributed by atoms with Gasteiger partial charge in [-0.3, -0.25) is 4.79 Å². The second-order valence-corrected chi connectivity index (χ2v) is 11.8. The minimum Gasteiger partial charge on any atom is -0.550 e. The monoisotopic (exact) mass is 589 g/mol. The molecule has 0 aliphatic carbocycles. The summed E-state index contributed by atoms with van der Waals surface area (Å²) in [4.78, 5) is 27.4. The second kappa shape index (κ2) is 10.5. The van der Waals surface area contributed by atoms with Gasteiger partial charge in [-0.1, -0.05) is 74.5 Å². The Morgan fingerprint density at radius 1 is 0.907 bits per heavy atom. The molecule has 6 atom stereocenters. The molecule has 4 unspecified atom stereocenters. The molecule has 0 saturated carbocycles. The van der Waals surface area contributed by atoms with Gasteiger partial charge in [-0.05, 0) is 48.6 Å². The van der Waals surface area contributed by atoms with Crippen molar-refractivity contribution in [2.45, 2.75) is 68.0 Å². The lowest BCUT2D eigenvalue weighted by Gasteiger charge is -2.36. The van der Waals surface area contributed by atoms with Crippen LogP contribution in [0.25, 0.3) is 0 Å². The standard InChI is InChI=1S/C33H35FN2O7/c1-21(2)32-31(43-32,29(41)35-25-11-7-4-8-12-25)30(22-9-5-3-6-10-22)33(42-30,23-13-15-24(34)16-14-23)36(32)18-17-26(37)19-27(38)20-28(39)40/h3-16,21,26-27,37-38H,17-20H2,1-2H3,(H,35,41)(H,39,40)/p-1/t26-,27-,30?,31?,32?,33?/m1/s1. The number of carbonyl (C=O) groups excluding carboxylic acids is 2. The number of ether oxygens (including phenoxy) is 2. The molecule has 3 aromatic rings. The van der Waals surface area contributed by atoms with Crippen molar-refractivity contribution in [2.24, 2.45) is 5.92 Å². The van der Waals surface area contributed by atoms with Crippen molar-refractivity contribution >= 4 is 17.6 Å². The second-order valence-electron chi connectivity index (χ2n) is 11.8. The summed E-state index contributed by atoms with van der Waals surface area (Å²) in [5.74, 6) is -2.48. The molecule has 3 heterocycles. The Bertz CT molecular complexity index is 1510. The predicted octanol–water partition coefficient (Wildman–Crippen LogP) is 2.62. The number of benzene rings is 3. The number of halogens is 1. The summed E-state index contributed by atoms with van der Waals surface area (Å²) in [6, 6.07) is 24.3. The van der Waals surface area contributed by atoms with Crippen LogP contribution in [0.5, 0.6) is 0 Å². The maximum atomic E-state index is 14.5. The fourth-order valence-corrected chi connectivity index (χ4v) is 7.24. The molecule has 1 amide bonds. The number of carbonyl (C=O) groups is 2. The molecule has 0 radical (unpaired) electrons. The van der Waals surface area contributed by atoms with Crippen LogP contribution in [-0.4, -0.2) is 57.1 Å². The molecule has 0 aromatic heterocycles. The normalized spacial score (nSPS) is 30.3. The predicted molar refractivity (Wildman–Crippen MR) is 151 cm³/mol. The largest absolute Gasteiger partial charge is 0.550 e. The number of nitrogens with zero attached hydrogens (tertiary/aromatic N) is 1. The molecule has 226 valence electrons. The third-order valence-electron chi connectivity index (χ3n) is 8.97. The van der Waals surface area contributed by atoms with Gasteiger partial charge in [0.15, 0.2) is 17.1 Å². The van der Waals surface area contributed by atoms with E-state index in [0.717, 1.165) is 0 Å². The van der Waals surface area contributed by atoms with Gasteiger partial charge in [-0.15, -0.1) is 0 Å². The van der Waals surface area contributed by atoms with Crippen LogP contribution in [0.2, 0.25) is 0 Å². The average molecular weight is 590 g/mol. The Morgan fingerprint density at radius 2 is 1.53 bits per heavy atom. The zero-order valence-corrected chi connectivity index (χ0v) is 23.9. The van der Waals surface area contributed by atoms with Crippen LogP contribution >= 0.6 is 0 Å². The first-order valence-corrected chi connectivity index (χ1v) is 14.5. The number of carboxylic acids is 1. The van der Waals surface area contributed by atoms with E-state index in [-0.39, 0.29) is 25.3 Å². The van der Waals surface area contributed by atoms with Gasteiger partial charge in [0.25, 0.3) is 5.91 Å². The van der Waals surface area contributed by atoms with Crippen LogP contribution in [0.1, 0.15) is 44.2 Å². The summed E-state index contributed by atoms with van der Waals surface area (Å²) in [7, 11) is 0. The molecule has 6 rings (SSSR count). The lowest BCUT2D eigenvalue weighted by atomic mass is 9.76. The van der Waals surface area contributed by atoms with Crippen LogP contribution in [0.15, 0.2) is 84.9 Å². The third-order valence-corrected chi connectivity index (χ3v) is 8.97. The number of hydrogen-bond acceptors (Lipinski definition) is 8. The van der Waals surface area contributed by atoms with Crippen molar-refractivity contribution in [1.29, 1.82) is 0 Å². The fourth-order valence-electron chi connectivity index (χ4n) is 7.24. The quantitative estimate of drug-likeness (QED) is 0.274. The molecule has 43 heavy (non-hydrogen) atoms. The number of rotatable bonds is 12. The molecule has 3 saturated heterocycles. The van der Waals surface area contributed by atoms with Gasteiger partial charge < -0.3 is 34.9 Å². The first kappa shape index (κ1) is 29.4. The number of aliphatic hydroxyl groups excluding tert-OH is 2. The maximum Gasteiger partial charge on any atom is 0.264 e. The van der Waals surface area contributed by atoms with E-state index in [1.54, 1.807) is 24.3 Å². The minimum absolute atomic E-state index is 0.107. The molecule has 3 aliphatic heterocycles. The first-order valence-electron chi connectivity index (χ1n) is 14.5. The fraction of sp³-hybridized carbons (Fsp3) is 0.394. The number of carboxylic acid groups (broad SMARTS) is 1. The van der Waals surface area contributed by atoms with Crippen molar-refractivity contribution in [1.82, 2.24) is 4.90 Å². The van der Waals surface area contributed by atoms with E-state index in [1.807, 2.05) is 67.3 Å². The molecule has 0 spiro atoms. The summed E-state index contributed by atoms with van der Waals surface area (Å²) in [6.07, 6.45) is -3.01. The van der Waals surface area contributed by atoms with Gasteiger partial charge in [0.1, 0.15) is 5.82 Å². The van der Waals surface area contributed by atoms with Crippen molar-refractivity contribution in [2.75, 3.05) is 11.9 Å². The number of likely N-dealkylation sites (tertiary alicyclic amines) is 1. The summed E-state index contributed by atoms with van der Waals surface area (Å²) in [6.45, 7) is 4.06. The number of aliphatic carboxylic acids is 1. The molecule has 3 aliphatic rings. The van der Waals surface area contributed by atoms with Crippen LogP contribution in [0.3, 0.4) is 0 Å². The van der Waals surface area contributed by atoms with Gasteiger partial charge >= 0.3 is 0 Å².